The maximum atomic E-state index is 12.5. The van der Waals surface area contributed by atoms with Crippen LogP contribution in [0.2, 0.25) is 0 Å². The zero-order valence-electron chi connectivity index (χ0n) is 17.0. The predicted molar refractivity (Wildman–Crippen MR) is 101 cm³/mol. The van der Waals surface area contributed by atoms with Crippen molar-refractivity contribution in [3.8, 4) is 0 Å². The van der Waals surface area contributed by atoms with Crippen LogP contribution in [0.15, 0.2) is 11.6 Å². The van der Waals surface area contributed by atoms with Gasteiger partial charge >= 0.3 is 0 Å². The summed E-state index contributed by atoms with van der Waals surface area (Å²) < 4.78 is 0. The highest BCUT2D eigenvalue weighted by atomic mass is 16.3. The summed E-state index contributed by atoms with van der Waals surface area (Å²) in [6, 6.07) is 0. The van der Waals surface area contributed by atoms with E-state index >= 15 is 0 Å². The standard InChI is InChI=1S/C23H34O3/c1-13-10-17-18(21(4)8-6-16(25)12-19(13)21)7-9-22(5)20(17)11-14(2)23(22,26)15(3)24/h12-14,17-18,20,26H,6-11H2,1-5H3. The van der Waals surface area contributed by atoms with Gasteiger partial charge in [0.05, 0.1) is 0 Å². The molecule has 0 amide bonds. The van der Waals surface area contributed by atoms with E-state index in [1.807, 2.05) is 6.08 Å². The molecule has 0 heterocycles. The zero-order chi connectivity index (χ0) is 19.1. The molecule has 4 aliphatic carbocycles. The van der Waals surface area contributed by atoms with Crippen molar-refractivity contribution in [3.63, 3.8) is 0 Å². The Hall–Kier alpha value is -0.960. The maximum absolute atomic E-state index is 12.5. The topological polar surface area (TPSA) is 54.4 Å². The first-order valence-electron chi connectivity index (χ1n) is 10.5. The maximum Gasteiger partial charge on any atom is 0.162 e. The second-order valence-electron chi connectivity index (χ2n) is 10.4. The quantitative estimate of drug-likeness (QED) is 0.759. The molecule has 1 N–H and O–H groups in total. The summed E-state index contributed by atoms with van der Waals surface area (Å²) in [7, 11) is 0. The van der Waals surface area contributed by atoms with Crippen molar-refractivity contribution >= 4 is 11.6 Å². The fraction of sp³-hybridized carbons (Fsp3) is 0.826. The minimum Gasteiger partial charge on any atom is -0.381 e. The number of carbonyl (C=O) groups excluding carboxylic acids is 2. The van der Waals surface area contributed by atoms with Gasteiger partial charge in [-0.1, -0.05) is 33.3 Å². The van der Waals surface area contributed by atoms with Crippen LogP contribution < -0.4 is 0 Å². The molecule has 0 bridgehead atoms. The van der Waals surface area contributed by atoms with Crippen LogP contribution in [0, 0.1) is 40.4 Å². The molecule has 26 heavy (non-hydrogen) atoms. The third kappa shape index (κ3) is 2.04. The highest BCUT2D eigenvalue weighted by Crippen LogP contribution is 2.69. The van der Waals surface area contributed by atoms with Gasteiger partial charge in [-0.25, -0.2) is 0 Å². The summed E-state index contributed by atoms with van der Waals surface area (Å²) in [5.74, 6) is 2.24. The number of carbonyl (C=O) groups is 2. The summed E-state index contributed by atoms with van der Waals surface area (Å²) in [5, 5.41) is 11.5. The van der Waals surface area contributed by atoms with Crippen LogP contribution >= 0.6 is 0 Å². The van der Waals surface area contributed by atoms with Crippen molar-refractivity contribution in [2.75, 3.05) is 0 Å². The Kier molecular flexibility index (Phi) is 3.91. The number of aliphatic hydroxyl groups is 1. The molecule has 0 radical (unpaired) electrons. The van der Waals surface area contributed by atoms with Gasteiger partial charge in [-0.2, -0.15) is 0 Å². The van der Waals surface area contributed by atoms with E-state index in [1.165, 1.54) is 5.57 Å². The Morgan fingerprint density at radius 1 is 1.15 bits per heavy atom. The van der Waals surface area contributed by atoms with Crippen LogP contribution in [0.1, 0.15) is 73.1 Å². The zero-order valence-corrected chi connectivity index (χ0v) is 17.0. The number of fused-ring (bicyclic) bond motifs is 5. The normalized spacial score (nSPS) is 53.4. The molecule has 0 aromatic heterocycles. The van der Waals surface area contributed by atoms with Gasteiger partial charge in [-0.3, -0.25) is 9.59 Å². The van der Waals surface area contributed by atoms with Gasteiger partial charge in [0.25, 0.3) is 0 Å². The van der Waals surface area contributed by atoms with E-state index in [-0.39, 0.29) is 22.5 Å². The van der Waals surface area contributed by atoms with E-state index in [0.29, 0.717) is 35.9 Å². The molecular formula is C23H34O3. The molecule has 3 nitrogen and oxygen atoms in total. The van der Waals surface area contributed by atoms with Gasteiger partial charge in [0.15, 0.2) is 11.6 Å². The van der Waals surface area contributed by atoms with Crippen molar-refractivity contribution in [1.82, 2.24) is 0 Å². The second kappa shape index (κ2) is 5.53. The highest BCUT2D eigenvalue weighted by molar-refractivity contribution is 5.91. The Bertz CT molecular complexity index is 694. The fourth-order valence-corrected chi connectivity index (χ4v) is 8.08. The van der Waals surface area contributed by atoms with E-state index < -0.39 is 5.60 Å². The first kappa shape index (κ1) is 18.4. The molecule has 0 aromatic carbocycles. The first-order chi connectivity index (χ1) is 12.1. The lowest BCUT2D eigenvalue weighted by Gasteiger charge is -2.60. The second-order valence-corrected chi connectivity index (χ2v) is 10.4. The van der Waals surface area contributed by atoms with E-state index in [0.717, 1.165) is 32.1 Å². The Morgan fingerprint density at radius 3 is 2.50 bits per heavy atom. The van der Waals surface area contributed by atoms with Gasteiger partial charge in [0, 0.05) is 11.8 Å². The van der Waals surface area contributed by atoms with Gasteiger partial charge in [-0.15, -0.1) is 0 Å². The molecule has 0 aromatic rings. The van der Waals surface area contributed by atoms with E-state index in [1.54, 1.807) is 6.92 Å². The van der Waals surface area contributed by atoms with Crippen molar-refractivity contribution in [2.45, 2.75) is 78.7 Å². The number of hydrogen-bond acceptors (Lipinski definition) is 3. The lowest BCUT2D eigenvalue weighted by molar-refractivity contribution is -0.166. The first-order valence-corrected chi connectivity index (χ1v) is 10.5. The molecule has 8 atom stereocenters. The predicted octanol–water partition coefficient (Wildman–Crippen LogP) is 4.33. The average Bonchev–Trinajstić information content (AvgIpc) is 2.78. The summed E-state index contributed by atoms with van der Waals surface area (Å²) in [6.45, 7) is 10.5. The van der Waals surface area contributed by atoms with Crippen LogP contribution in [0.4, 0.5) is 0 Å². The van der Waals surface area contributed by atoms with Gasteiger partial charge in [0.1, 0.15) is 5.60 Å². The number of allylic oxidation sites excluding steroid dienone is 1. The Balaban J connectivity index is 1.76. The van der Waals surface area contributed by atoms with Crippen LogP contribution in [0.3, 0.4) is 0 Å². The van der Waals surface area contributed by atoms with Crippen LogP contribution in [-0.4, -0.2) is 22.3 Å². The molecule has 4 aliphatic rings. The smallest absolute Gasteiger partial charge is 0.162 e. The minimum atomic E-state index is -1.18. The third-order valence-electron chi connectivity index (χ3n) is 9.40. The van der Waals surface area contributed by atoms with Crippen LogP contribution in [-0.2, 0) is 9.59 Å². The van der Waals surface area contributed by atoms with E-state index in [9.17, 15) is 14.7 Å². The van der Waals surface area contributed by atoms with E-state index in [4.69, 9.17) is 0 Å². The largest absolute Gasteiger partial charge is 0.381 e. The molecular weight excluding hydrogens is 324 g/mol. The molecule has 4 rings (SSSR count). The SMILES string of the molecule is CC(=O)C1(O)C(C)CC2C3CC(C)C4=CC(=O)CCC4(C)C3CCC21C. The molecule has 0 aliphatic heterocycles. The summed E-state index contributed by atoms with van der Waals surface area (Å²) >= 11 is 0. The van der Waals surface area contributed by atoms with Crippen molar-refractivity contribution in [2.24, 2.45) is 40.4 Å². The monoisotopic (exact) mass is 358 g/mol. The lowest BCUT2D eigenvalue weighted by atomic mass is 9.44. The van der Waals surface area contributed by atoms with Crippen molar-refractivity contribution in [3.05, 3.63) is 11.6 Å². The molecule has 3 heteroatoms. The molecule has 3 fully saturated rings. The highest BCUT2D eigenvalue weighted by Gasteiger charge is 2.68. The minimum absolute atomic E-state index is 0.0294. The van der Waals surface area contributed by atoms with Gasteiger partial charge in [0.2, 0.25) is 0 Å². The van der Waals surface area contributed by atoms with E-state index in [2.05, 4.69) is 27.7 Å². The Morgan fingerprint density at radius 2 is 1.85 bits per heavy atom. The molecule has 144 valence electrons. The third-order valence-corrected chi connectivity index (χ3v) is 9.40. The number of Topliss-reactive ketones (excluding diaryl/α,β-unsaturated/α-hetero) is 1. The number of ketones is 2. The number of hydrogen-bond donors (Lipinski definition) is 1. The number of rotatable bonds is 1. The lowest BCUT2D eigenvalue weighted by Crippen LogP contribution is -2.59. The van der Waals surface area contributed by atoms with Gasteiger partial charge < -0.3 is 5.11 Å². The molecule has 8 unspecified atom stereocenters. The van der Waals surface area contributed by atoms with Crippen LogP contribution in [0.5, 0.6) is 0 Å². The molecule has 0 saturated heterocycles. The molecule has 3 saturated carbocycles. The van der Waals surface area contributed by atoms with Crippen molar-refractivity contribution in [1.29, 1.82) is 0 Å². The summed E-state index contributed by atoms with van der Waals surface area (Å²) in [6.07, 6.45) is 7.64. The average molecular weight is 359 g/mol. The van der Waals surface area contributed by atoms with Gasteiger partial charge in [-0.05, 0) is 80.1 Å². The van der Waals surface area contributed by atoms with Crippen molar-refractivity contribution < 1.29 is 14.7 Å². The fourth-order valence-electron chi connectivity index (χ4n) is 8.08. The van der Waals surface area contributed by atoms with Crippen LogP contribution in [0.25, 0.3) is 0 Å². The molecule has 0 spiro atoms. The summed E-state index contributed by atoms with van der Waals surface area (Å²) in [4.78, 5) is 24.5. The Labute approximate surface area is 157 Å². The summed E-state index contributed by atoms with van der Waals surface area (Å²) in [5.41, 5.74) is 0.0242.